The summed E-state index contributed by atoms with van der Waals surface area (Å²) in [5, 5.41) is 6.72. The number of hydrogen-bond donors (Lipinski definition) is 2. The molecule has 156 valence electrons. The molecule has 6 nitrogen and oxygen atoms in total. The van der Waals surface area contributed by atoms with Crippen molar-refractivity contribution < 1.29 is 9.59 Å². The fraction of sp³-hybridized carbons (Fsp3) is 0.261. The molecule has 2 amide bonds. The summed E-state index contributed by atoms with van der Waals surface area (Å²) < 4.78 is 1.95. The minimum atomic E-state index is -0.156. The SMILES string of the molecule is CSc1nccn1-c1cccc(C(=O)NCc2cccc(NC(=O)CC(C)C)c2)c1. The highest BCUT2D eigenvalue weighted by Crippen LogP contribution is 2.19. The fourth-order valence-electron chi connectivity index (χ4n) is 3.06. The number of aromatic nitrogens is 2. The fourth-order valence-corrected chi connectivity index (χ4v) is 3.59. The number of carbonyl (C=O) groups is 2. The molecule has 0 saturated heterocycles. The maximum atomic E-state index is 12.7. The first-order valence-corrected chi connectivity index (χ1v) is 11.0. The summed E-state index contributed by atoms with van der Waals surface area (Å²) in [4.78, 5) is 28.9. The number of hydrogen-bond acceptors (Lipinski definition) is 4. The first-order chi connectivity index (χ1) is 14.5. The predicted octanol–water partition coefficient (Wildman–Crippen LogP) is 4.51. The molecule has 2 N–H and O–H groups in total. The van der Waals surface area contributed by atoms with E-state index in [0.29, 0.717) is 24.4 Å². The van der Waals surface area contributed by atoms with Crippen LogP contribution >= 0.6 is 11.8 Å². The van der Waals surface area contributed by atoms with Crippen LogP contribution in [0.1, 0.15) is 36.2 Å². The summed E-state index contributed by atoms with van der Waals surface area (Å²) in [5.74, 6) is 0.140. The molecule has 0 unspecified atom stereocenters. The Labute approximate surface area is 181 Å². The highest BCUT2D eigenvalue weighted by molar-refractivity contribution is 7.98. The summed E-state index contributed by atoms with van der Waals surface area (Å²) in [6.07, 6.45) is 6.06. The van der Waals surface area contributed by atoms with Crippen molar-refractivity contribution in [2.75, 3.05) is 11.6 Å². The summed E-state index contributed by atoms with van der Waals surface area (Å²) in [5.41, 5.74) is 3.12. The average molecular weight is 423 g/mol. The molecule has 1 heterocycles. The van der Waals surface area contributed by atoms with Crippen LogP contribution in [0.4, 0.5) is 5.69 Å². The average Bonchev–Trinajstić information content (AvgIpc) is 3.20. The van der Waals surface area contributed by atoms with E-state index in [1.807, 2.05) is 73.3 Å². The second kappa shape index (κ2) is 10.1. The Morgan fingerprint density at radius 1 is 1.13 bits per heavy atom. The van der Waals surface area contributed by atoms with Gasteiger partial charge in [0, 0.05) is 42.3 Å². The summed E-state index contributed by atoms with van der Waals surface area (Å²) in [6.45, 7) is 4.39. The van der Waals surface area contributed by atoms with Gasteiger partial charge >= 0.3 is 0 Å². The Morgan fingerprint density at radius 2 is 1.93 bits per heavy atom. The van der Waals surface area contributed by atoms with E-state index in [0.717, 1.165) is 22.1 Å². The lowest BCUT2D eigenvalue weighted by Gasteiger charge is -2.11. The second-order valence-corrected chi connectivity index (χ2v) is 8.14. The van der Waals surface area contributed by atoms with Crippen LogP contribution in [0, 0.1) is 5.92 Å². The van der Waals surface area contributed by atoms with Gasteiger partial charge in [0.15, 0.2) is 5.16 Å². The van der Waals surface area contributed by atoms with Gasteiger partial charge < -0.3 is 10.6 Å². The van der Waals surface area contributed by atoms with Crippen LogP contribution in [-0.4, -0.2) is 27.6 Å². The predicted molar refractivity (Wildman–Crippen MR) is 121 cm³/mol. The number of amides is 2. The van der Waals surface area contributed by atoms with Gasteiger partial charge in [-0.3, -0.25) is 14.2 Å². The van der Waals surface area contributed by atoms with E-state index in [2.05, 4.69) is 15.6 Å². The maximum absolute atomic E-state index is 12.7. The zero-order chi connectivity index (χ0) is 21.5. The smallest absolute Gasteiger partial charge is 0.251 e. The van der Waals surface area contributed by atoms with Gasteiger partial charge in [-0.1, -0.05) is 43.8 Å². The maximum Gasteiger partial charge on any atom is 0.251 e. The molecule has 0 fully saturated rings. The highest BCUT2D eigenvalue weighted by Gasteiger charge is 2.10. The third-order valence-electron chi connectivity index (χ3n) is 4.43. The number of thioether (sulfide) groups is 1. The third kappa shape index (κ3) is 5.73. The molecule has 0 radical (unpaired) electrons. The zero-order valence-electron chi connectivity index (χ0n) is 17.4. The van der Waals surface area contributed by atoms with Gasteiger partial charge in [0.05, 0.1) is 0 Å². The first kappa shape index (κ1) is 21.6. The van der Waals surface area contributed by atoms with Crippen LogP contribution in [0.2, 0.25) is 0 Å². The van der Waals surface area contributed by atoms with Crippen LogP contribution in [0.3, 0.4) is 0 Å². The number of nitrogens with zero attached hydrogens (tertiary/aromatic N) is 2. The Morgan fingerprint density at radius 3 is 2.70 bits per heavy atom. The van der Waals surface area contributed by atoms with Gasteiger partial charge in [-0.05, 0) is 48.1 Å². The van der Waals surface area contributed by atoms with Crippen LogP contribution in [0.5, 0.6) is 0 Å². The minimum Gasteiger partial charge on any atom is -0.348 e. The molecule has 2 aromatic carbocycles. The van der Waals surface area contributed by atoms with Crippen molar-refractivity contribution in [3.8, 4) is 5.69 Å². The number of anilines is 1. The number of imidazole rings is 1. The Balaban J connectivity index is 1.64. The van der Waals surface area contributed by atoms with Gasteiger partial charge in [-0.2, -0.15) is 0 Å². The molecule has 0 atom stereocenters. The van der Waals surface area contributed by atoms with E-state index >= 15 is 0 Å². The van der Waals surface area contributed by atoms with Crippen LogP contribution in [0.25, 0.3) is 5.69 Å². The lowest BCUT2D eigenvalue weighted by molar-refractivity contribution is -0.116. The normalized spacial score (nSPS) is 10.8. The Hall–Kier alpha value is -3.06. The van der Waals surface area contributed by atoms with E-state index in [9.17, 15) is 9.59 Å². The Bertz CT molecular complexity index is 1030. The van der Waals surface area contributed by atoms with Crippen molar-refractivity contribution >= 4 is 29.3 Å². The van der Waals surface area contributed by atoms with Crippen molar-refractivity contribution in [3.05, 3.63) is 72.1 Å². The second-order valence-electron chi connectivity index (χ2n) is 7.36. The topological polar surface area (TPSA) is 76.0 Å². The number of rotatable bonds is 8. The van der Waals surface area contributed by atoms with E-state index < -0.39 is 0 Å². The molecule has 0 spiro atoms. The highest BCUT2D eigenvalue weighted by atomic mass is 32.2. The van der Waals surface area contributed by atoms with Crippen molar-refractivity contribution in [1.29, 1.82) is 0 Å². The van der Waals surface area contributed by atoms with Crippen LogP contribution in [-0.2, 0) is 11.3 Å². The monoisotopic (exact) mass is 422 g/mol. The quantitative estimate of drug-likeness (QED) is 0.524. The Kier molecular flexibility index (Phi) is 7.30. The van der Waals surface area contributed by atoms with Gasteiger partial charge in [0.25, 0.3) is 5.91 Å². The van der Waals surface area contributed by atoms with E-state index in [4.69, 9.17) is 0 Å². The summed E-state index contributed by atoms with van der Waals surface area (Å²) >= 11 is 1.55. The van der Waals surface area contributed by atoms with E-state index in [1.54, 1.807) is 24.0 Å². The van der Waals surface area contributed by atoms with Crippen LogP contribution < -0.4 is 10.6 Å². The number of nitrogens with one attached hydrogen (secondary N) is 2. The minimum absolute atomic E-state index is 0.00730. The molecule has 30 heavy (non-hydrogen) atoms. The third-order valence-corrected chi connectivity index (χ3v) is 5.10. The molecule has 3 rings (SSSR count). The molecular formula is C23H26N4O2S. The summed E-state index contributed by atoms with van der Waals surface area (Å²) in [7, 11) is 0. The van der Waals surface area contributed by atoms with Gasteiger partial charge in [0.1, 0.15) is 0 Å². The van der Waals surface area contributed by atoms with E-state index in [1.165, 1.54) is 0 Å². The molecular weight excluding hydrogens is 396 g/mol. The van der Waals surface area contributed by atoms with Gasteiger partial charge in [0.2, 0.25) is 5.91 Å². The lowest BCUT2D eigenvalue weighted by atomic mass is 10.1. The summed E-state index contributed by atoms with van der Waals surface area (Å²) in [6, 6.07) is 15.0. The van der Waals surface area contributed by atoms with Crippen molar-refractivity contribution in [2.24, 2.45) is 5.92 Å². The molecule has 3 aromatic rings. The molecule has 7 heteroatoms. The number of carbonyl (C=O) groups excluding carboxylic acids is 2. The van der Waals surface area contributed by atoms with Crippen molar-refractivity contribution in [1.82, 2.24) is 14.9 Å². The van der Waals surface area contributed by atoms with Crippen molar-refractivity contribution in [2.45, 2.75) is 32.0 Å². The zero-order valence-corrected chi connectivity index (χ0v) is 18.2. The van der Waals surface area contributed by atoms with Crippen molar-refractivity contribution in [3.63, 3.8) is 0 Å². The first-order valence-electron chi connectivity index (χ1n) is 9.81. The van der Waals surface area contributed by atoms with Gasteiger partial charge in [-0.25, -0.2) is 4.98 Å². The van der Waals surface area contributed by atoms with Crippen LogP contribution in [0.15, 0.2) is 66.1 Å². The molecule has 1 aromatic heterocycles. The molecule has 0 aliphatic carbocycles. The molecule has 0 saturated carbocycles. The van der Waals surface area contributed by atoms with Gasteiger partial charge in [-0.15, -0.1) is 0 Å². The lowest BCUT2D eigenvalue weighted by Crippen LogP contribution is -2.23. The molecule has 0 bridgehead atoms. The largest absolute Gasteiger partial charge is 0.348 e. The number of benzene rings is 2. The van der Waals surface area contributed by atoms with E-state index in [-0.39, 0.29) is 11.8 Å². The standard InChI is InChI=1S/C23H26N4O2S/c1-16(2)12-21(28)26-19-8-4-6-17(13-19)15-25-22(29)18-7-5-9-20(14-18)27-11-10-24-23(27)30-3/h4-11,13-14,16H,12,15H2,1-3H3,(H,25,29)(H,26,28). The molecule has 0 aliphatic heterocycles. The molecule has 0 aliphatic rings.